The highest BCUT2D eigenvalue weighted by atomic mass is 15.0. The molecule has 1 rings (SSSR count). The summed E-state index contributed by atoms with van der Waals surface area (Å²) in [4.78, 5) is 0. The standard InChI is InChI=1S/C12H28N4/c1-3-13-7-11-9-15-5-6-16-10-12(11)8-14-4-2/h11-16H,3-10H2,1-2H3/t11-,12-/m0/s1. The van der Waals surface area contributed by atoms with Gasteiger partial charge in [-0.3, -0.25) is 0 Å². The predicted molar refractivity (Wildman–Crippen MR) is 69.8 cm³/mol. The van der Waals surface area contributed by atoms with Crippen molar-refractivity contribution in [2.45, 2.75) is 13.8 Å². The van der Waals surface area contributed by atoms with Crippen LogP contribution in [-0.4, -0.2) is 52.4 Å². The van der Waals surface area contributed by atoms with Crippen molar-refractivity contribution in [1.82, 2.24) is 21.3 Å². The molecule has 0 aromatic carbocycles. The van der Waals surface area contributed by atoms with Gasteiger partial charge in [0.1, 0.15) is 0 Å². The van der Waals surface area contributed by atoms with E-state index in [2.05, 4.69) is 35.1 Å². The van der Waals surface area contributed by atoms with Crippen LogP contribution in [0, 0.1) is 11.8 Å². The van der Waals surface area contributed by atoms with Crippen LogP contribution in [0.5, 0.6) is 0 Å². The first kappa shape index (κ1) is 13.9. The molecular weight excluding hydrogens is 200 g/mol. The monoisotopic (exact) mass is 228 g/mol. The average molecular weight is 228 g/mol. The normalized spacial score (nSPS) is 27.4. The van der Waals surface area contributed by atoms with Crippen LogP contribution in [0.3, 0.4) is 0 Å². The molecule has 96 valence electrons. The lowest BCUT2D eigenvalue weighted by Crippen LogP contribution is -2.48. The molecule has 0 bridgehead atoms. The Bertz CT molecular complexity index is 141. The maximum Gasteiger partial charge on any atom is 0.00768 e. The molecule has 0 aliphatic carbocycles. The maximum atomic E-state index is 3.52. The van der Waals surface area contributed by atoms with E-state index in [0.29, 0.717) is 0 Å². The van der Waals surface area contributed by atoms with Gasteiger partial charge in [-0.1, -0.05) is 13.8 Å². The first-order valence-electron chi connectivity index (χ1n) is 6.71. The van der Waals surface area contributed by atoms with Gasteiger partial charge in [0.05, 0.1) is 0 Å². The van der Waals surface area contributed by atoms with Crippen LogP contribution >= 0.6 is 0 Å². The zero-order chi connectivity index (χ0) is 11.6. The molecular formula is C12H28N4. The fourth-order valence-electron chi connectivity index (χ4n) is 2.22. The van der Waals surface area contributed by atoms with Crippen molar-refractivity contribution in [3.05, 3.63) is 0 Å². The van der Waals surface area contributed by atoms with Gasteiger partial charge in [0.2, 0.25) is 0 Å². The van der Waals surface area contributed by atoms with Gasteiger partial charge in [-0.15, -0.1) is 0 Å². The van der Waals surface area contributed by atoms with Crippen molar-refractivity contribution in [1.29, 1.82) is 0 Å². The Morgan fingerprint density at radius 1 is 0.875 bits per heavy atom. The van der Waals surface area contributed by atoms with Crippen LogP contribution in [0.2, 0.25) is 0 Å². The molecule has 0 radical (unpaired) electrons. The highest BCUT2D eigenvalue weighted by molar-refractivity contribution is 4.80. The molecule has 0 amide bonds. The second-order valence-electron chi connectivity index (χ2n) is 4.54. The molecule has 0 saturated carbocycles. The molecule has 4 N–H and O–H groups in total. The Morgan fingerprint density at radius 3 is 1.69 bits per heavy atom. The third kappa shape index (κ3) is 5.25. The van der Waals surface area contributed by atoms with E-state index >= 15 is 0 Å². The molecule has 4 nitrogen and oxygen atoms in total. The topological polar surface area (TPSA) is 48.1 Å². The van der Waals surface area contributed by atoms with Gasteiger partial charge in [-0.2, -0.15) is 0 Å². The molecule has 0 aromatic heterocycles. The lowest BCUT2D eigenvalue weighted by Gasteiger charge is -2.30. The smallest absolute Gasteiger partial charge is 0.00768 e. The first-order valence-corrected chi connectivity index (χ1v) is 6.71. The predicted octanol–water partition coefficient (Wildman–Crippen LogP) is -0.369. The van der Waals surface area contributed by atoms with Gasteiger partial charge in [-0.05, 0) is 51.1 Å². The lowest BCUT2D eigenvalue weighted by molar-refractivity contribution is 0.271. The molecule has 16 heavy (non-hydrogen) atoms. The molecule has 1 saturated heterocycles. The molecule has 4 heteroatoms. The maximum absolute atomic E-state index is 3.52. The van der Waals surface area contributed by atoms with Crippen LogP contribution in [0.25, 0.3) is 0 Å². The highest BCUT2D eigenvalue weighted by Crippen LogP contribution is 2.10. The summed E-state index contributed by atoms with van der Waals surface area (Å²) >= 11 is 0. The van der Waals surface area contributed by atoms with E-state index in [-0.39, 0.29) is 0 Å². The van der Waals surface area contributed by atoms with Crippen molar-refractivity contribution in [2.24, 2.45) is 11.8 Å². The van der Waals surface area contributed by atoms with E-state index in [0.717, 1.165) is 64.2 Å². The van der Waals surface area contributed by atoms with Crippen LogP contribution in [0.15, 0.2) is 0 Å². The molecule has 1 aliphatic heterocycles. The molecule has 0 unspecified atom stereocenters. The zero-order valence-corrected chi connectivity index (χ0v) is 10.8. The fourth-order valence-corrected chi connectivity index (χ4v) is 2.22. The van der Waals surface area contributed by atoms with Gasteiger partial charge < -0.3 is 21.3 Å². The third-order valence-corrected chi connectivity index (χ3v) is 3.27. The number of rotatable bonds is 6. The van der Waals surface area contributed by atoms with Crippen molar-refractivity contribution in [3.8, 4) is 0 Å². The number of hydrogen-bond acceptors (Lipinski definition) is 4. The quantitative estimate of drug-likeness (QED) is 0.501. The van der Waals surface area contributed by atoms with E-state index < -0.39 is 0 Å². The zero-order valence-electron chi connectivity index (χ0n) is 10.8. The number of hydrogen-bond donors (Lipinski definition) is 4. The summed E-state index contributed by atoms with van der Waals surface area (Å²) in [6, 6.07) is 0. The second kappa shape index (κ2) is 8.93. The minimum absolute atomic E-state index is 0.729. The summed E-state index contributed by atoms with van der Waals surface area (Å²) in [5.41, 5.74) is 0. The summed E-state index contributed by atoms with van der Waals surface area (Å²) in [6.07, 6.45) is 0. The Hall–Kier alpha value is -0.160. The Balaban J connectivity index is 2.39. The average Bonchev–Trinajstić information content (AvgIpc) is 2.27. The number of nitrogens with one attached hydrogen (secondary N) is 4. The van der Waals surface area contributed by atoms with Crippen LogP contribution in [0.1, 0.15) is 13.8 Å². The van der Waals surface area contributed by atoms with Gasteiger partial charge >= 0.3 is 0 Å². The van der Waals surface area contributed by atoms with E-state index in [9.17, 15) is 0 Å². The Kier molecular flexibility index (Phi) is 7.76. The van der Waals surface area contributed by atoms with Gasteiger partial charge in [0, 0.05) is 13.1 Å². The van der Waals surface area contributed by atoms with Crippen LogP contribution in [-0.2, 0) is 0 Å². The molecule has 2 atom stereocenters. The van der Waals surface area contributed by atoms with Gasteiger partial charge in [-0.25, -0.2) is 0 Å². The summed E-state index contributed by atoms with van der Waals surface area (Å²) < 4.78 is 0. The van der Waals surface area contributed by atoms with Crippen molar-refractivity contribution in [3.63, 3.8) is 0 Å². The highest BCUT2D eigenvalue weighted by Gasteiger charge is 2.21. The summed E-state index contributed by atoms with van der Waals surface area (Å²) in [5, 5.41) is 14.0. The molecule has 0 spiro atoms. The first-order chi connectivity index (χ1) is 7.88. The minimum atomic E-state index is 0.729. The Labute approximate surface area is 99.9 Å². The van der Waals surface area contributed by atoms with Gasteiger partial charge in [0.15, 0.2) is 0 Å². The van der Waals surface area contributed by atoms with E-state index in [1.807, 2.05) is 0 Å². The SMILES string of the molecule is CCNC[C@H]1CNCCNC[C@@H]1CNCC. The molecule has 1 heterocycles. The largest absolute Gasteiger partial charge is 0.317 e. The molecule has 1 fully saturated rings. The summed E-state index contributed by atoms with van der Waals surface area (Å²) in [6.45, 7) is 13.2. The van der Waals surface area contributed by atoms with Crippen LogP contribution in [0.4, 0.5) is 0 Å². The van der Waals surface area contributed by atoms with Gasteiger partial charge in [0.25, 0.3) is 0 Å². The molecule has 0 aromatic rings. The second-order valence-corrected chi connectivity index (χ2v) is 4.54. The van der Waals surface area contributed by atoms with Crippen LogP contribution < -0.4 is 21.3 Å². The van der Waals surface area contributed by atoms with Crippen molar-refractivity contribution >= 4 is 0 Å². The Morgan fingerprint density at radius 2 is 1.31 bits per heavy atom. The third-order valence-electron chi connectivity index (χ3n) is 3.27. The van der Waals surface area contributed by atoms with Crippen molar-refractivity contribution in [2.75, 3.05) is 52.4 Å². The lowest BCUT2D eigenvalue weighted by atomic mass is 9.91. The minimum Gasteiger partial charge on any atom is -0.317 e. The van der Waals surface area contributed by atoms with E-state index in [1.165, 1.54) is 0 Å². The molecule has 1 aliphatic rings. The van der Waals surface area contributed by atoms with E-state index in [4.69, 9.17) is 0 Å². The summed E-state index contributed by atoms with van der Waals surface area (Å²) in [7, 11) is 0. The van der Waals surface area contributed by atoms with E-state index in [1.54, 1.807) is 0 Å². The summed E-state index contributed by atoms with van der Waals surface area (Å²) in [5.74, 6) is 1.46. The van der Waals surface area contributed by atoms with Crippen molar-refractivity contribution < 1.29 is 0 Å². The fraction of sp³-hybridized carbons (Fsp3) is 1.00.